The van der Waals surface area contributed by atoms with Gasteiger partial charge in [-0.3, -0.25) is 37.3 Å². The van der Waals surface area contributed by atoms with Crippen LogP contribution in [0.5, 0.6) is 0 Å². The van der Waals surface area contributed by atoms with Crippen LogP contribution < -0.4 is 0 Å². The number of esters is 4. The van der Waals surface area contributed by atoms with Gasteiger partial charge in [0.2, 0.25) is 0 Å². The predicted molar refractivity (Wildman–Crippen MR) is 372 cm³/mol. The molecule has 0 aromatic carbocycles. The Labute approximate surface area is 562 Å². The molecule has 0 aliphatic rings. The molecule has 4 unspecified atom stereocenters. The van der Waals surface area contributed by atoms with Crippen LogP contribution in [0.2, 0.25) is 0 Å². The van der Waals surface area contributed by atoms with Crippen LogP contribution >= 0.6 is 15.6 Å². The van der Waals surface area contributed by atoms with Gasteiger partial charge >= 0.3 is 39.5 Å². The number of rotatable bonds is 71. The lowest BCUT2D eigenvalue weighted by Crippen LogP contribution is -2.30. The van der Waals surface area contributed by atoms with Crippen LogP contribution in [0.1, 0.15) is 370 Å². The van der Waals surface area contributed by atoms with E-state index in [9.17, 15) is 43.2 Å². The molecule has 0 aliphatic carbocycles. The molecule has 546 valence electrons. The highest BCUT2D eigenvalue weighted by molar-refractivity contribution is 7.47. The zero-order valence-corrected chi connectivity index (χ0v) is 61.8. The summed E-state index contributed by atoms with van der Waals surface area (Å²) in [6.45, 7) is 11.9. The average Bonchev–Trinajstić information content (AvgIpc) is 2.54. The monoisotopic (exact) mass is 1350 g/mol. The Morgan fingerprint density at radius 3 is 0.826 bits per heavy atom. The molecule has 0 spiro atoms. The topological polar surface area (TPSA) is 237 Å². The van der Waals surface area contributed by atoms with Gasteiger partial charge in [0.15, 0.2) is 12.2 Å². The number of unbranched alkanes of at least 4 members (excludes halogenated alkanes) is 37. The number of ether oxygens (including phenoxy) is 4. The number of hydrogen-bond donors (Lipinski definition) is 3. The number of aliphatic hydroxyl groups excluding tert-OH is 1. The largest absolute Gasteiger partial charge is 0.472 e. The lowest BCUT2D eigenvalue weighted by molar-refractivity contribution is -0.161. The van der Waals surface area contributed by atoms with E-state index in [1.54, 1.807) is 0 Å². The Bertz CT molecular complexity index is 1810. The number of aliphatic hydroxyl groups is 1. The van der Waals surface area contributed by atoms with Crippen LogP contribution in [0.3, 0.4) is 0 Å². The van der Waals surface area contributed by atoms with Crippen molar-refractivity contribution >= 4 is 39.5 Å². The van der Waals surface area contributed by atoms with E-state index in [-0.39, 0.29) is 25.7 Å². The van der Waals surface area contributed by atoms with Crippen molar-refractivity contribution in [3.8, 4) is 0 Å². The number of carbonyl (C=O) groups is 4. The highest BCUT2D eigenvalue weighted by Crippen LogP contribution is 2.45. The molecular formula is C73H142O17P2. The highest BCUT2D eigenvalue weighted by atomic mass is 31.2. The van der Waals surface area contributed by atoms with E-state index in [1.807, 2.05) is 0 Å². The normalized spacial score (nSPS) is 14.7. The molecule has 0 heterocycles. The summed E-state index contributed by atoms with van der Waals surface area (Å²) in [7, 11) is -9.91. The van der Waals surface area contributed by atoms with Crippen LogP contribution in [0, 0.1) is 17.8 Å². The summed E-state index contributed by atoms with van der Waals surface area (Å²) in [6, 6.07) is 0. The second-order valence-electron chi connectivity index (χ2n) is 27.3. The molecule has 19 heteroatoms. The van der Waals surface area contributed by atoms with E-state index < -0.39 is 97.5 Å². The second-order valence-corrected chi connectivity index (χ2v) is 30.2. The molecule has 7 atom stereocenters. The van der Waals surface area contributed by atoms with Crippen LogP contribution in [0.4, 0.5) is 0 Å². The summed E-state index contributed by atoms with van der Waals surface area (Å²) in [5, 5.41) is 10.6. The number of hydrogen-bond acceptors (Lipinski definition) is 15. The van der Waals surface area contributed by atoms with Crippen molar-refractivity contribution < 1.29 is 80.2 Å². The van der Waals surface area contributed by atoms with Crippen molar-refractivity contribution in [3.63, 3.8) is 0 Å². The summed E-state index contributed by atoms with van der Waals surface area (Å²) >= 11 is 0. The minimum absolute atomic E-state index is 0.105. The zero-order chi connectivity index (χ0) is 68.0. The van der Waals surface area contributed by atoms with E-state index in [4.69, 9.17) is 37.0 Å². The molecule has 0 radical (unpaired) electrons. The standard InChI is InChI=1S/C73H142O17P2/c1-8-11-12-13-14-15-16-17-26-33-40-47-54-70(75)83-61-69(90-73(78)57-50-43-36-29-22-23-30-37-44-51-64(4)5)63-88-92(81,82)86-59-67(74)58-85-91(79,80)87-62-68(89-72(77)56-49-42-35-28-21-19-25-32-39-46-53-66(7)10-3)60-84-71(76)55-48-41-34-27-20-18-24-31-38-45-52-65(6)9-2/h64-69,74H,8-63H2,1-7H3,(H,79,80)(H,81,82)/t65?,66?,67-,68-,69-/m1/s1. The number of carbonyl (C=O) groups excluding carboxylic acids is 4. The Morgan fingerprint density at radius 1 is 0.315 bits per heavy atom. The molecular weight excluding hydrogens is 1210 g/mol. The van der Waals surface area contributed by atoms with Gasteiger partial charge in [0, 0.05) is 25.7 Å². The molecule has 0 saturated heterocycles. The first kappa shape index (κ1) is 90.1. The quantitative estimate of drug-likeness (QED) is 0.0222. The Hall–Kier alpha value is -1.94. The fourth-order valence-electron chi connectivity index (χ4n) is 11.0. The van der Waals surface area contributed by atoms with Crippen LogP contribution in [-0.2, 0) is 65.4 Å². The van der Waals surface area contributed by atoms with E-state index in [0.717, 1.165) is 108 Å². The molecule has 3 N–H and O–H groups in total. The Kier molecular flexibility index (Phi) is 62.4. The third kappa shape index (κ3) is 64.1. The van der Waals surface area contributed by atoms with Gasteiger partial charge in [0.1, 0.15) is 19.3 Å². The summed E-state index contributed by atoms with van der Waals surface area (Å²) < 4.78 is 68.4. The number of phosphoric acid groups is 2. The summed E-state index contributed by atoms with van der Waals surface area (Å²) in [4.78, 5) is 72.7. The predicted octanol–water partition coefficient (Wildman–Crippen LogP) is 21.0. The molecule has 0 aromatic rings. The molecule has 92 heavy (non-hydrogen) atoms. The molecule has 0 fully saturated rings. The minimum atomic E-state index is -4.96. The van der Waals surface area contributed by atoms with Crippen molar-refractivity contribution in [3.05, 3.63) is 0 Å². The summed E-state index contributed by atoms with van der Waals surface area (Å²) in [5.74, 6) is 0.228. The van der Waals surface area contributed by atoms with Gasteiger partial charge in [-0.2, -0.15) is 0 Å². The van der Waals surface area contributed by atoms with Crippen molar-refractivity contribution in [1.29, 1.82) is 0 Å². The first-order valence-corrected chi connectivity index (χ1v) is 40.9. The van der Waals surface area contributed by atoms with E-state index in [2.05, 4.69) is 48.5 Å². The van der Waals surface area contributed by atoms with Crippen molar-refractivity contribution in [1.82, 2.24) is 0 Å². The molecule has 0 saturated carbocycles. The third-order valence-corrected chi connectivity index (χ3v) is 19.5. The van der Waals surface area contributed by atoms with Gasteiger partial charge < -0.3 is 33.8 Å². The van der Waals surface area contributed by atoms with Gasteiger partial charge in [-0.15, -0.1) is 0 Å². The maximum Gasteiger partial charge on any atom is 0.472 e. The lowest BCUT2D eigenvalue weighted by Gasteiger charge is -2.21. The summed E-state index contributed by atoms with van der Waals surface area (Å²) in [5.41, 5.74) is 0. The first-order chi connectivity index (χ1) is 44.3. The second kappa shape index (κ2) is 63.8. The minimum Gasteiger partial charge on any atom is -0.462 e. The molecule has 0 amide bonds. The molecule has 0 bridgehead atoms. The fourth-order valence-corrected chi connectivity index (χ4v) is 12.6. The van der Waals surface area contributed by atoms with Crippen molar-refractivity contribution in [2.24, 2.45) is 17.8 Å². The Balaban J connectivity index is 5.28. The van der Waals surface area contributed by atoms with Crippen LogP contribution in [0.25, 0.3) is 0 Å². The average molecular weight is 1350 g/mol. The van der Waals surface area contributed by atoms with E-state index in [0.29, 0.717) is 25.7 Å². The molecule has 0 aliphatic heterocycles. The van der Waals surface area contributed by atoms with Crippen LogP contribution in [0.15, 0.2) is 0 Å². The maximum absolute atomic E-state index is 13.1. The van der Waals surface area contributed by atoms with E-state index >= 15 is 0 Å². The van der Waals surface area contributed by atoms with Crippen molar-refractivity contribution in [2.75, 3.05) is 39.6 Å². The SMILES string of the molecule is CCCCCCCCCCCCCCC(=O)OC[C@H](COP(=O)(O)OC[C@H](O)COP(=O)(O)OC[C@@H](COC(=O)CCCCCCCCCCCCC(C)CC)OC(=O)CCCCCCCCCCCCC(C)CC)OC(=O)CCCCCCCCCCCC(C)C. The van der Waals surface area contributed by atoms with Crippen molar-refractivity contribution in [2.45, 2.75) is 388 Å². The van der Waals surface area contributed by atoms with Gasteiger partial charge in [0.25, 0.3) is 0 Å². The fraction of sp³-hybridized carbons (Fsp3) is 0.945. The van der Waals surface area contributed by atoms with E-state index in [1.165, 1.54) is 180 Å². The third-order valence-electron chi connectivity index (χ3n) is 17.6. The van der Waals surface area contributed by atoms with Gasteiger partial charge in [-0.05, 0) is 43.4 Å². The first-order valence-electron chi connectivity index (χ1n) is 37.9. The maximum atomic E-state index is 13.1. The summed E-state index contributed by atoms with van der Waals surface area (Å²) in [6.07, 6.45) is 48.3. The van der Waals surface area contributed by atoms with Gasteiger partial charge in [0.05, 0.1) is 26.4 Å². The number of phosphoric ester groups is 2. The zero-order valence-electron chi connectivity index (χ0n) is 60.0. The molecule has 0 rings (SSSR count). The highest BCUT2D eigenvalue weighted by Gasteiger charge is 2.30. The lowest BCUT2D eigenvalue weighted by atomic mass is 9.99. The van der Waals surface area contributed by atoms with Crippen LogP contribution in [-0.4, -0.2) is 96.7 Å². The Morgan fingerprint density at radius 2 is 0.554 bits per heavy atom. The van der Waals surface area contributed by atoms with Gasteiger partial charge in [-0.25, -0.2) is 9.13 Å². The molecule has 17 nitrogen and oxygen atoms in total. The van der Waals surface area contributed by atoms with Gasteiger partial charge in [-0.1, -0.05) is 318 Å². The smallest absolute Gasteiger partial charge is 0.462 e. The molecule has 0 aromatic heterocycles.